The quantitative estimate of drug-likeness (QED) is 0.659. The standard InChI is InChI=1S/C22H22ClN3O3/c23-17-6-7-19-18(14-17)21(16-4-2-1-3-5-16)24-26(19)15-20(27)25-10-8-22(9-11-25)28-12-13-29-22/h1-7,14H,8-13,15H2. The van der Waals surface area contributed by atoms with E-state index in [9.17, 15) is 4.79 Å². The molecule has 1 aromatic heterocycles. The summed E-state index contributed by atoms with van der Waals surface area (Å²) in [6.45, 7) is 2.74. The molecule has 6 nitrogen and oxygen atoms in total. The lowest BCUT2D eigenvalue weighted by Crippen LogP contribution is -2.48. The fourth-order valence-corrected chi connectivity index (χ4v) is 4.36. The molecule has 2 fully saturated rings. The minimum atomic E-state index is -0.480. The molecule has 0 N–H and O–H groups in total. The first-order chi connectivity index (χ1) is 14.1. The molecule has 7 heteroatoms. The molecular formula is C22H22ClN3O3. The van der Waals surface area contributed by atoms with Crippen LogP contribution in [0, 0.1) is 0 Å². The van der Waals surface area contributed by atoms with Crippen LogP contribution in [0.5, 0.6) is 0 Å². The number of carbonyl (C=O) groups is 1. The summed E-state index contributed by atoms with van der Waals surface area (Å²) in [6.07, 6.45) is 1.42. The van der Waals surface area contributed by atoms with Crippen molar-refractivity contribution in [2.24, 2.45) is 0 Å². The average Bonchev–Trinajstić information content (AvgIpc) is 3.34. The van der Waals surface area contributed by atoms with E-state index in [2.05, 4.69) is 0 Å². The van der Waals surface area contributed by atoms with Crippen molar-refractivity contribution < 1.29 is 14.3 Å². The van der Waals surface area contributed by atoms with Crippen molar-refractivity contribution in [2.75, 3.05) is 26.3 Å². The minimum absolute atomic E-state index is 0.0526. The van der Waals surface area contributed by atoms with E-state index in [-0.39, 0.29) is 12.5 Å². The number of benzene rings is 2. The zero-order valence-electron chi connectivity index (χ0n) is 16.0. The van der Waals surface area contributed by atoms with Crippen molar-refractivity contribution in [3.63, 3.8) is 0 Å². The first-order valence-electron chi connectivity index (χ1n) is 9.91. The van der Waals surface area contributed by atoms with Crippen LogP contribution in [0.1, 0.15) is 12.8 Å². The van der Waals surface area contributed by atoms with E-state index in [0.717, 1.165) is 22.2 Å². The first kappa shape index (κ1) is 18.6. The van der Waals surface area contributed by atoms with Crippen LogP contribution in [0.15, 0.2) is 48.5 Å². The summed E-state index contributed by atoms with van der Waals surface area (Å²) in [5.41, 5.74) is 2.74. The molecule has 2 saturated heterocycles. The normalized spacial score (nSPS) is 18.6. The maximum absolute atomic E-state index is 13.0. The highest BCUT2D eigenvalue weighted by Gasteiger charge is 2.40. The Bertz CT molecular complexity index is 1030. The van der Waals surface area contributed by atoms with Gasteiger partial charge < -0.3 is 14.4 Å². The van der Waals surface area contributed by atoms with E-state index in [1.165, 1.54) is 0 Å². The maximum atomic E-state index is 13.0. The van der Waals surface area contributed by atoms with Crippen LogP contribution >= 0.6 is 11.6 Å². The molecule has 29 heavy (non-hydrogen) atoms. The number of piperidine rings is 1. The highest BCUT2D eigenvalue weighted by Crippen LogP contribution is 2.32. The monoisotopic (exact) mass is 411 g/mol. The van der Waals surface area contributed by atoms with Gasteiger partial charge in [0.15, 0.2) is 5.79 Å². The lowest BCUT2D eigenvalue weighted by Gasteiger charge is -2.37. The molecule has 0 aliphatic carbocycles. The van der Waals surface area contributed by atoms with E-state index in [1.807, 2.05) is 53.4 Å². The van der Waals surface area contributed by atoms with Crippen LogP contribution in [-0.2, 0) is 20.8 Å². The van der Waals surface area contributed by atoms with Crippen molar-refractivity contribution in [3.05, 3.63) is 53.6 Å². The van der Waals surface area contributed by atoms with Crippen LogP contribution in [-0.4, -0.2) is 52.7 Å². The molecule has 3 aromatic rings. The van der Waals surface area contributed by atoms with Gasteiger partial charge in [0.1, 0.15) is 12.2 Å². The number of amides is 1. The predicted octanol–water partition coefficient (Wildman–Crippen LogP) is 3.72. The molecule has 2 aromatic carbocycles. The van der Waals surface area contributed by atoms with Gasteiger partial charge in [-0.2, -0.15) is 5.10 Å². The number of fused-ring (bicyclic) bond motifs is 1. The number of ether oxygens (including phenoxy) is 2. The third-order valence-electron chi connectivity index (χ3n) is 5.74. The SMILES string of the molecule is O=C(Cn1nc(-c2ccccc2)c2cc(Cl)ccc21)N1CCC2(CC1)OCCO2. The average molecular weight is 412 g/mol. The van der Waals surface area contributed by atoms with Gasteiger partial charge in [-0.25, -0.2) is 0 Å². The second-order valence-corrected chi connectivity index (χ2v) is 7.96. The summed E-state index contributed by atoms with van der Waals surface area (Å²) in [5.74, 6) is -0.427. The van der Waals surface area contributed by atoms with Crippen LogP contribution in [0.25, 0.3) is 22.2 Å². The van der Waals surface area contributed by atoms with Crippen molar-refractivity contribution >= 4 is 28.4 Å². The fraction of sp³-hybridized carbons (Fsp3) is 0.364. The molecule has 150 valence electrons. The Morgan fingerprint density at radius 2 is 1.79 bits per heavy atom. The Labute approximate surface area is 174 Å². The van der Waals surface area contributed by atoms with Crippen molar-refractivity contribution in [2.45, 2.75) is 25.2 Å². The zero-order valence-corrected chi connectivity index (χ0v) is 16.8. The zero-order chi connectivity index (χ0) is 19.8. The largest absolute Gasteiger partial charge is 0.347 e. The smallest absolute Gasteiger partial charge is 0.244 e. The van der Waals surface area contributed by atoms with E-state index >= 15 is 0 Å². The molecule has 0 unspecified atom stereocenters. The van der Waals surface area contributed by atoms with Gasteiger partial charge in [0, 0.05) is 41.9 Å². The summed E-state index contributed by atoms with van der Waals surface area (Å²) in [7, 11) is 0. The molecule has 2 aliphatic rings. The van der Waals surface area contributed by atoms with Gasteiger partial charge in [-0.1, -0.05) is 41.9 Å². The van der Waals surface area contributed by atoms with Gasteiger partial charge in [0.05, 0.1) is 18.7 Å². The molecule has 0 radical (unpaired) electrons. The molecule has 0 atom stereocenters. The van der Waals surface area contributed by atoms with Crippen molar-refractivity contribution in [3.8, 4) is 11.3 Å². The van der Waals surface area contributed by atoms with Crippen LogP contribution in [0.4, 0.5) is 0 Å². The van der Waals surface area contributed by atoms with Gasteiger partial charge in [-0.3, -0.25) is 9.48 Å². The second kappa shape index (κ2) is 7.44. The summed E-state index contributed by atoms with van der Waals surface area (Å²) >= 11 is 6.24. The summed E-state index contributed by atoms with van der Waals surface area (Å²) in [5, 5.41) is 6.37. The maximum Gasteiger partial charge on any atom is 0.244 e. The molecule has 0 bridgehead atoms. The predicted molar refractivity (Wildman–Crippen MR) is 111 cm³/mol. The third kappa shape index (κ3) is 3.52. The summed E-state index contributed by atoms with van der Waals surface area (Å²) < 4.78 is 13.3. The molecule has 0 saturated carbocycles. The highest BCUT2D eigenvalue weighted by molar-refractivity contribution is 6.31. The second-order valence-electron chi connectivity index (χ2n) is 7.52. The number of carbonyl (C=O) groups excluding carboxylic acids is 1. The summed E-state index contributed by atoms with van der Waals surface area (Å²) in [4.78, 5) is 14.9. The van der Waals surface area contributed by atoms with Gasteiger partial charge in [-0.05, 0) is 18.2 Å². The lowest BCUT2D eigenvalue weighted by atomic mass is 10.0. The van der Waals surface area contributed by atoms with Gasteiger partial charge >= 0.3 is 0 Å². The molecule has 5 rings (SSSR count). The number of aromatic nitrogens is 2. The van der Waals surface area contributed by atoms with Crippen molar-refractivity contribution in [1.29, 1.82) is 0 Å². The topological polar surface area (TPSA) is 56.6 Å². The van der Waals surface area contributed by atoms with Gasteiger partial charge in [0.2, 0.25) is 5.91 Å². The summed E-state index contributed by atoms with van der Waals surface area (Å²) in [6, 6.07) is 15.6. The van der Waals surface area contributed by atoms with Gasteiger partial charge in [0.25, 0.3) is 0 Å². The highest BCUT2D eigenvalue weighted by atomic mass is 35.5. The Morgan fingerprint density at radius 3 is 2.52 bits per heavy atom. The first-order valence-corrected chi connectivity index (χ1v) is 10.3. The molecular weight excluding hydrogens is 390 g/mol. The van der Waals surface area contributed by atoms with Crippen LogP contribution in [0.2, 0.25) is 5.02 Å². The van der Waals surface area contributed by atoms with E-state index in [4.69, 9.17) is 26.2 Å². The van der Waals surface area contributed by atoms with Gasteiger partial charge in [-0.15, -0.1) is 0 Å². The molecule has 1 spiro atoms. The molecule has 3 heterocycles. The number of nitrogens with zero attached hydrogens (tertiary/aromatic N) is 3. The number of halogens is 1. The Hall–Kier alpha value is -2.41. The number of hydrogen-bond donors (Lipinski definition) is 0. The number of likely N-dealkylation sites (tertiary alicyclic amines) is 1. The number of hydrogen-bond acceptors (Lipinski definition) is 4. The van der Waals surface area contributed by atoms with Crippen LogP contribution < -0.4 is 0 Å². The third-order valence-corrected chi connectivity index (χ3v) is 5.97. The number of rotatable bonds is 3. The van der Waals surface area contributed by atoms with E-state index in [0.29, 0.717) is 44.2 Å². The van der Waals surface area contributed by atoms with Crippen LogP contribution in [0.3, 0.4) is 0 Å². The Kier molecular flexibility index (Phi) is 4.78. The van der Waals surface area contributed by atoms with E-state index in [1.54, 1.807) is 4.68 Å². The molecule has 1 amide bonds. The molecule has 2 aliphatic heterocycles. The fourth-order valence-electron chi connectivity index (χ4n) is 4.19. The Balaban J connectivity index is 1.40. The Morgan fingerprint density at radius 1 is 1.07 bits per heavy atom. The van der Waals surface area contributed by atoms with Crippen molar-refractivity contribution in [1.82, 2.24) is 14.7 Å². The lowest BCUT2D eigenvalue weighted by molar-refractivity contribution is -0.187. The van der Waals surface area contributed by atoms with E-state index < -0.39 is 5.79 Å². The minimum Gasteiger partial charge on any atom is -0.347 e.